The summed E-state index contributed by atoms with van der Waals surface area (Å²) in [5.41, 5.74) is 0. The second kappa shape index (κ2) is 8.81. The molecule has 0 aliphatic heterocycles. The Labute approximate surface area is 127 Å². The molecule has 0 bridgehead atoms. The summed E-state index contributed by atoms with van der Waals surface area (Å²) in [6.07, 6.45) is 8.35. The molecule has 3 heteroatoms. The van der Waals surface area contributed by atoms with Crippen LogP contribution in [0.4, 0.5) is 0 Å². The van der Waals surface area contributed by atoms with Crippen LogP contribution in [0.25, 0.3) is 0 Å². The van der Waals surface area contributed by atoms with E-state index in [-0.39, 0.29) is 0 Å². The van der Waals surface area contributed by atoms with Crippen LogP contribution in [0.15, 0.2) is 17.5 Å². The van der Waals surface area contributed by atoms with Crippen LogP contribution in [-0.4, -0.2) is 19.3 Å². The van der Waals surface area contributed by atoms with E-state index in [4.69, 9.17) is 4.74 Å². The molecule has 1 aromatic rings. The first-order valence-electron chi connectivity index (χ1n) is 8.15. The van der Waals surface area contributed by atoms with Gasteiger partial charge in [0.1, 0.15) is 0 Å². The molecule has 1 saturated carbocycles. The molecule has 0 saturated heterocycles. The summed E-state index contributed by atoms with van der Waals surface area (Å²) in [7, 11) is 0. The zero-order chi connectivity index (χ0) is 14.2. The first-order valence-corrected chi connectivity index (χ1v) is 9.03. The van der Waals surface area contributed by atoms with Gasteiger partial charge in [-0.25, -0.2) is 0 Å². The fourth-order valence-electron chi connectivity index (χ4n) is 3.06. The van der Waals surface area contributed by atoms with Crippen molar-refractivity contribution < 1.29 is 4.74 Å². The van der Waals surface area contributed by atoms with Crippen LogP contribution in [0.3, 0.4) is 0 Å². The van der Waals surface area contributed by atoms with E-state index in [1.807, 2.05) is 11.3 Å². The minimum absolute atomic E-state index is 0.361. The fraction of sp³-hybridized carbons (Fsp3) is 0.765. The quantitative estimate of drug-likeness (QED) is 0.662. The number of rotatable bonds is 9. The molecular formula is C17H29NOS. The van der Waals surface area contributed by atoms with Crippen LogP contribution in [0, 0.1) is 5.92 Å². The fourth-order valence-corrected chi connectivity index (χ4v) is 3.96. The lowest BCUT2D eigenvalue weighted by Gasteiger charge is -2.24. The van der Waals surface area contributed by atoms with Crippen LogP contribution in [-0.2, 0) is 4.74 Å². The van der Waals surface area contributed by atoms with Gasteiger partial charge >= 0.3 is 0 Å². The first kappa shape index (κ1) is 16.0. The number of nitrogens with one attached hydrogen (secondary N) is 1. The molecular weight excluding hydrogens is 266 g/mol. The smallest absolute Gasteiger partial charge is 0.0518 e. The van der Waals surface area contributed by atoms with Crippen molar-refractivity contribution in [2.45, 2.75) is 64.5 Å². The second-order valence-corrected chi connectivity index (χ2v) is 7.10. The lowest BCUT2D eigenvalue weighted by molar-refractivity contribution is 0.0758. The summed E-state index contributed by atoms with van der Waals surface area (Å²) in [5, 5.41) is 6.01. The van der Waals surface area contributed by atoms with Crippen molar-refractivity contribution in [2.75, 3.05) is 13.2 Å². The monoisotopic (exact) mass is 295 g/mol. The molecule has 2 nitrogen and oxygen atoms in total. The Morgan fingerprint density at radius 1 is 1.30 bits per heavy atom. The standard InChI is InChI=1S/C17H29NOS/c1-14(2)19-12-6-5-11-18-17(15-8-3-4-9-15)16-10-7-13-20-16/h7,10,13-15,17-18H,3-6,8-9,11-12H2,1-2H3. The summed E-state index contributed by atoms with van der Waals surface area (Å²) >= 11 is 1.90. The van der Waals surface area contributed by atoms with Crippen molar-refractivity contribution in [1.82, 2.24) is 5.32 Å². The molecule has 0 amide bonds. The molecule has 114 valence electrons. The Bertz CT molecular complexity index is 344. The molecule has 1 aliphatic carbocycles. The molecule has 0 spiro atoms. The van der Waals surface area contributed by atoms with Gasteiger partial charge in [0.05, 0.1) is 6.10 Å². The van der Waals surface area contributed by atoms with Crippen LogP contribution < -0.4 is 5.32 Å². The molecule has 0 radical (unpaired) electrons. The highest BCUT2D eigenvalue weighted by atomic mass is 32.1. The van der Waals surface area contributed by atoms with E-state index < -0.39 is 0 Å². The van der Waals surface area contributed by atoms with E-state index in [0.29, 0.717) is 12.1 Å². The van der Waals surface area contributed by atoms with E-state index in [1.54, 1.807) is 0 Å². The third kappa shape index (κ3) is 5.19. The molecule has 1 aromatic heterocycles. The predicted octanol–water partition coefficient (Wildman–Crippen LogP) is 4.77. The summed E-state index contributed by atoms with van der Waals surface area (Å²) < 4.78 is 5.60. The number of ether oxygens (including phenoxy) is 1. The third-order valence-electron chi connectivity index (χ3n) is 4.11. The van der Waals surface area contributed by atoms with Crippen molar-refractivity contribution in [3.8, 4) is 0 Å². The lowest BCUT2D eigenvalue weighted by Crippen LogP contribution is -2.27. The van der Waals surface area contributed by atoms with E-state index >= 15 is 0 Å². The average Bonchev–Trinajstić information content (AvgIpc) is 3.10. The largest absolute Gasteiger partial charge is 0.379 e. The second-order valence-electron chi connectivity index (χ2n) is 6.12. The predicted molar refractivity (Wildman–Crippen MR) is 87.3 cm³/mol. The Hall–Kier alpha value is -0.380. The Morgan fingerprint density at radius 3 is 2.75 bits per heavy atom. The maximum absolute atomic E-state index is 5.60. The molecule has 1 N–H and O–H groups in total. The van der Waals surface area contributed by atoms with Crippen molar-refractivity contribution in [1.29, 1.82) is 0 Å². The van der Waals surface area contributed by atoms with Gasteiger partial charge in [-0.3, -0.25) is 0 Å². The summed E-state index contributed by atoms with van der Waals surface area (Å²) in [4.78, 5) is 1.52. The molecule has 1 aliphatic rings. The summed E-state index contributed by atoms with van der Waals surface area (Å²) in [5.74, 6) is 0.848. The molecule has 1 unspecified atom stereocenters. The van der Waals surface area contributed by atoms with E-state index in [1.165, 1.54) is 37.0 Å². The molecule has 2 rings (SSSR count). The molecule has 20 heavy (non-hydrogen) atoms. The highest BCUT2D eigenvalue weighted by molar-refractivity contribution is 7.10. The lowest BCUT2D eigenvalue weighted by atomic mass is 9.96. The number of unbranched alkanes of at least 4 members (excludes halogenated alkanes) is 1. The Morgan fingerprint density at radius 2 is 2.10 bits per heavy atom. The SMILES string of the molecule is CC(C)OCCCCNC(c1cccs1)C1CCCC1. The number of hydrogen-bond donors (Lipinski definition) is 1. The zero-order valence-electron chi connectivity index (χ0n) is 12.9. The normalized spacial score (nSPS) is 17.9. The van der Waals surface area contributed by atoms with Crippen LogP contribution in [0.1, 0.15) is 63.3 Å². The van der Waals surface area contributed by atoms with E-state index in [9.17, 15) is 0 Å². The van der Waals surface area contributed by atoms with Gasteiger partial charge < -0.3 is 10.1 Å². The maximum atomic E-state index is 5.60. The first-order chi connectivity index (χ1) is 9.77. The third-order valence-corrected chi connectivity index (χ3v) is 5.06. The van der Waals surface area contributed by atoms with Gasteiger partial charge in [-0.2, -0.15) is 0 Å². The maximum Gasteiger partial charge on any atom is 0.0518 e. The number of hydrogen-bond acceptors (Lipinski definition) is 3. The van der Waals surface area contributed by atoms with Gasteiger partial charge in [-0.15, -0.1) is 11.3 Å². The molecule has 1 heterocycles. The van der Waals surface area contributed by atoms with Gasteiger partial charge in [-0.05, 0) is 63.4 Å². The topological polar surface area (TPSA) is 21.3 Å². The highest BCUT2D eigenvalue weighted by Crippen LogP contribution is 2.37. The summed E-state index contributed by atoms with van der Waals surface area (Å²) in [6.45, 7) is 6.21. The van der Waals surface area contributed by atoms with Crippen LogP contribution in [0.2, 0.25) is 0 Å². The van der Waals surface area contributed by atoms with E-state index in [2.05, 4.69) is 36.7 Å². The molecule has 1 fully saturated rings. The van der Waals surface area contributed by atoms with Crippen molar-refractivity contribution in [2.24, 2.45) is 5.92 Å². The minimum atomic E-state index is 0.361. The molecule has 1 atom stereocenters. The van der Waals surface area contributed by atoms with Gasteiger partial charge in [0.2, 0.25) is 0 Å². The average molecular weight is 295 g/mol. The van der Waals surface area contributed by atoms with Crippen LogP contribution >= 0.6 is 11.3 Å². The zero-order valence-corrected chi connectivity index (χ0v) is 13.8. The highest BCUT2D eigenvalue weighted by Gasteiger charge is 2.26. The summed E-state index contributed by atoms with van der Waals surface area (Å²) in [6, 6.07) is 5.06. The van der Waals surface area contributed by atoms with Crippen LogP contribution in [0.5, 0.6) is 0 Å². The Balaban J connectivity index is 1.71. The van der Waals surface area contributed by atoms with Crippen molar-refractivity contribution in [3.63, 3.8) is 0 Å². The van der Waals surface area contributed by atoms with E-state index in [0.717, 1.165) is 25.5 Å². The molecule has 0 aromatic carbocycles. The van der Waals surface area contributed by atoms with Gasteiger partial charge in [0.15, 0.2) is 0 Å². The van der Waals surface area contributed by atoms with Gasteiger partial charge in [0.25, 0.3) is 0 Å². The van der Waals surface area contributed by atoms with Crippen molar-refractivity contribution in [3.05, 3.63) is 22.4 Å². The minimum Gasteiger partial charge on any atom is -0.379 e. The van der Waals surface area contributed by atoms with Crippen molar-refractivity contribution >= 4 is 11.3 Å². The van der Waals surface area contributed by atoms with Gasteiger partial charge in [-0.1, -0.05) is 18.9 Å². The van der Waals surface area contributed by atoms with Gasteiger partial charge in [0, 0.05) is 17.5 Å². The number of thiophene rings is 1. The Kier molecular flexibility index (Phi) is 7.05.